The van der Waals surface area contributed by atoms with Crippen LogP contribution in [0.5, 0.6) is 0 Å². The van der Waals surface area contributed by atoms with Crippen molar-refractivity contribution in [3.63, 3.8) is 0 Å². The summed E-state index contributed by atoms with van der Waals surface area (Å²) in [6.07, 6.45) is 1.67. The van der Waals surface area contributed by atoms with Gasteiger partial charge in [-0.15, -0.1) is 0 Å². The molecule has 2 heterocycles. The van der Waals surface area contributed by atoms with Gasteiger partial charge in [0.1, 0.15) is 5.60 Å². The van der Waals surface area contributed by atoms with Crippen LogP contribution in [0, 0.1) is 0 Å². The van der Waals surface area contributed by atoms with Crippen LogP contribution in [0.3, 0.4) is 0 Å². The fraction of sp³-hybridized carbons (Fsp3) is 0.471. The zero-order valence-electron chi connectivity index (χ0n) is 13.7. The second kappa shape index (κ2) is 5.96. The van der Waals surface area contributed by atoms with Gasteiger partial charge in [-0.2, -0.15) is 0 Å². The standard InChI is InChI=1S/C17H22ClN3O2/c1-17(2,3)23-16(22)21-10-8-20(9-11-21)15-12-6-7-19-14(12)5-4-13(15)18/h4-7,19H,8-11H2,1-3H3. The molecule has 1 amide bonds. The van der Waals surface area contributed by atoms with Crippen molar-refractivity contribution >= 4 is 34.3 Å². The Morgan fingerprint density at radius 2 is 1.87 bits per heavy atom. The van der Waals surface area contributed by atoms with Gasteiger partial charge in [0.15, 0.2) is 0 Å². The van der Waals surface area contributed by atoms with Crippen LogP contribution in [0.15, 0.2) is 24.4 Å². The van der Waals surface area contributed by atoms with Gasteiger partial charge in [-0.3, -0.25) is 0 Å². The summed E-state index contributed by atoms with van der Waals surface area (Å²) in [6.45, 7) is 8.39. The van der Waals surface area contributed by atoms with Gasteiger partial charge < -0.3 is 19.5 Å². The van der Waals surface area contributed by atoms with Gasteiger partial charge in [-0.25, -0.2) is 4.79 Å². The Hall–Kier alpha value is -1.88. The number of rotatable bonds is 1. The molecule has 1 fully saturated rings. The lowest BCUT2D eigenvalue weighted by Crippen LogP contribution is -2.50. The van der Waals surface area contributed by atoms with Crippen LogP contribution in [-0.2, 0) is 4.74 Å². The zero-order chi connectivity index (χ0) is 16.6. The molecular weight excluding hydrogens is 314 g/mol. The van der Waals surface area contributed by atoms with E-state index in [0.29, 0.717) is 13.1 Å². The normalized spacial score (nSPS) is 16.0. The molecule has 0 saturated carbocycles. The number of nitrogens with zero attached hydrogens (tertiary/aromatic N) is 2. The summed E-state index contributed by atoms with van der Waals surface area (Å²) in [7, 11) is 0. The molecule has 6 heteroatoms. The molecular formula is C17H22ClN3O2. The van der Waals surface area contributed by atoms with Gasteiger partial charge in [-0.1, -0.05) is 11.6 Å². The number of aromatic nitrogens is 1. The first-order chi connectivity index (χ1) is 10.8. The SMILES string of the molecule is CC(C)(C)OC(=O)N1CCN(c2c(Cl)ccc3[nH]ccc23)CC1. The van der Waals surface area contributed by atoms with E-state index in [9.17, 15) is 4.79 Å². The second-order valence-corrected chi connectivity index (χ2v) is 7.20. The van der Waals surface area contributed by atoms with Gasteiger partial charge >= 0.3 is 6.09 Å². The number of ether oxygens (including phenoxy) is 1. The molecule has 3 rings (SSSR count). The average molecular weight is 336 g/mol. The van der Waals surface area contributed by atoms with E-state index in [1.807, 2.05) is 45.2 Å². The topological polar surface area (TPSA) is 48.6 Å². The predicted octanol–water partition coefficient (Wildman–Crippen LogP) is 3.88. The Morgan fingerprint density at radius 3 is 2.52 bits per heavy atom. The molecule has 0 aliphatic carbocycles. The average Bonchev–Trinajstić information content (AvgIpc) is 2.94. The minimum atomic E-state index is -0.464. The number of halogens is 1. The fourth-order valence-corrected chi connectivity index (χ4v) is 3.14. The summed E-state index contributed by atoms with van der Waals surface area (Å²) in [6, 6.07) is 5.94. The van der Waals surface area contributed by atoms with Crippen LogP contribution in [0.4, 0.5) is 10.5 Å². The second-order valence-electron chi connectivity index (χ2n) is 6.79. The third-order valence-corrected chi connectivity index (χ3v) is 4.21. The van der Waals surface area contributed by atoms with E-state index in [1.165, 1.54) is 0 Å². The number of aromatic amines is 1. The van der Waals surface area contributed by atoms with Crippen LogP contribution in [0.2, 0.25) is 5.02 Å². The van der Waals surface area contributed by atoms with Crippen molar-refractivity contribution in [2.45, 2.75) is 26.4 Å². The summed E-state index contributed by atoms with van der Waals surface area (Å²) in [4.78, 5) is 19.4. The predicted molar refractivity (Wildman–Crippen MR) is 93.3 cm³/mol. The lowest BCUT2D eigenvalue weighted by molar-refractivity contribution is 0.0241. The van der Waals surface area contributed by atoms with Gasteiger partial charge in [0, 0.05) is 43.3 Å². The van der Waals surface area contributed by atoms with Crippen LogP contribution in [-0.4, -0.2) is 47.8 Å². The van der Waals surface area contributed by atoms with Crippen molar-refractivity contribution in [2.24, 2.45) is 0 Å². The maximum absolute atomic E-state index is 12.1. The maximum atomic E-state index is 12.1. The van der Waals surface area contributed by atoms with Gasteiger partial charge in [0.25, 0.3) is 0 Å². The number of H-pyrrole nitrogens is 1. The van der Waals surface area contributed by atoms with Crippen molar-refractivity contribution < 1.29 is 9.53 Å². The van der Waals surface area contributed by atoms with Crippen molar-refractivity contribution in [3.8, 4) is 0 Å². The van der Waals surface area contributed by atoms with E-state index in [-0.39, 0.29) is 6.09 Å². The third-order valence-electron chi connectivity index (χ3n) is 3.90. The van der Waals surface area contributed by atoms with Crippen LogP contribution in [0.25, 0.3) is 10.9 Å². The molecule has 2 aromatic rings. The largest absolute Gasteiger partial charge is 0.444 e. The number of hydrogen-bond donors (Lipinski definition) is 1. The highest BCUT2D eigenvalue weighted by Crippen LogP contribution is 2.34. The molecule has 0 unspecified atom stereocenters. The van der Waals surface area contributed by atoms with Crippen LogP contribution in [0.1, 0.15) is 20.8 Å². The smallest absolute Gasteiger partial charge is 0.410 e. The highest BCUT2D eigenvalue weighted by Gasteiger charge is 2.27. The molecule has 0 atom stereocenters. The summed E-state index contributed by atoms with van der Waals surface area (Å²) >= 11 is 6.42. The van der Waals surface area contributed by atoms with Gasteiger partial charge in [0.05, 0.1) is 10.7 Å². The Balaban J connectivity index is 1.72. The van der Waals surface area contributed by atoms with E-state index in [0.717, 1.165) is 34.7 Å². The molecule has 1 saturated heterocycles. The van der Waals surface area contributed by atoms with Crippen LogP contribution >= 0.6 is 11.6 Å². The molecule has 1 aliphatic heterocycles. The molecule has 124 valence electrons. The summed E-state index contributed by atoms with van der Waals surface area (Å²) < 4.78 is 5.44. The molecule has 0 bridgehead atoms. The summed E-state index contributed by atoms with van der Waals surface area (Å²) in [5, 5.41) is 1.85. The molecule has 1 N–H and O–H groups in total. The number of carbonyl (C=O) groups is 1. The number of fused-ring (bicyclic) bond motifs is 1. The number of anilines is 1. The van der Waals surface area contributed by atoms with Crippen LogP contribution < -0.4 is 4.90 Å². The maximum Gasteiger partial charge on any atom is 0.410 e. The third kappa shape index (κ3) is 3.39. The molecule has 1 aliphatic rings. The molecule has 1 aromatic heterocycles. The van der Waals surface area contributed by atoms with Crippen molar-refractivity contribution in [1.29, 1.82) is 0 Å². The first-order valence-corrected chi connectivity index (χ1v) is 8.21. The lowest BCUT2D eigenvalue weighted by Gasteiger charge is -2.37. The number of hydrogen-bond acceptors (Lipinski definition) is 3. The first-order valence-electron chi connectivity index (χ1n) is 7.83. The molecule has 0 radical (unpaired) electrons. The van der Waals surface area contributed by atoms with Crippen molar-refractivity contribution in [1.82, 2.24) is 9.88 Å². The fourth-order valence-electron chi connectivity index (χ4n) is 2.85. The first kappa shape index (κ1) is 16.0. The van der Waals surface area contributed by atoms with Gasteiger partial charge in [-0.05, 0) is 39.0 Å². The Morgan fingerprint density at radius 1 is 1.17 bits per heavy atom. The lowest BCUT2D eigenvalue weighted by atomic mass is 10.1. The minimum absolute atomic E-state index is 0.247. The summed E-state index contributed by atoms with van der Waals surface area (Å²) in [5.74, 6) is 0. The molecule has 0 spiro atoms. The Bertz CT molecular complexity index is 712. The number of carbonyl (C=O) groups excluding carboxylic acids is 1. The zero-order valence-corrected chi connectivity index (χ0v) is 14.5. The van der Waals surface area contributed by atoms with E-state index >= 15 is 0 Å². The number of nitrogens with one attached hydrogen (secondary N) is 1. The van der Waals surface area contributed by atoms with Crippen molar-refractivity contribution in [2.75, 3.05) is 31.1 Å². The number of piperazine rings is 1. The quantitative estimate of drug-likeness (QED) is 0.860. The van der Waals surface area contributed by atoms with E-state index < -0.39 is 5.60 Å². The Kier molecular flexibility index (Phi) is 4.15. The minimum Gasteiger partial charge on any atom is -0.444 e. The highest BCUT2D eigenvalue weighted by atomic mass is 35.5. The molecule has 1 aromatic carbocycles. The molecule has 5 nitrogen and oxygen atoms in total. The van der Waals surface area contributed by atoms with E-state index in [1.54, 1.807) is 4.90 Å². The van der Waals surface area contributed by atoms with E-state index in [2.05, 4.69) is 9.88 Å². The number of benzene rings is 1. The molecule has 23 heavy (non-hydrogen) atoms. The summed E-state index contributed by atoms with van der Waals surface area (Å²) in [5.41, 5.74) is 1.64. The van der Waals surface area contributed by atoms with Gasteiger partial charge in [0.2, 0.25) is 0 Å². The highest BCUT2D eigenvalue weighted by molar-refractivity contribution is 6.35. The monoisotopic (exact) mass is 335 g/mol. The van der Waals surface area contributed by atoms with E-state index in [4.69, 9.17) is 16.3 Å². The van der Waals surface area contributed by atoms with Crippen molar-refractivity contribution in [3.05, 3.63) is 29.4 Å². The number of amides is 1. The Labute approximate surface area is 141 Å².